The Morgan fingerprint density at radius 1 is 1.38 bits per heavy atom. The van der Waals surface area contributed by atoms with Crippen molar-refractivity contribution in [3.8, 4) is 0 Å². The average Bonchev–Trinajstić information content (AvgIpc) is 2.65. The molecule has 3 heteroatoms. The van der Waals surface area contributed by atoms with E-state index in [2.05, 4.69) is 0 Å². The van der Waals surface area contributed by atoms with Gasteiger partial charge < -0.3 is 4.74 Å². The van der Waals surface area contributed by atoms with Gasteiger partial charge in [0.15, 0.2) is 0 Å². The van der Waals surface area contributed by atoms with E-state index in [0.717, 1.165) is 16.5 Å². The van der Waals surface area contributed by atoms with Crippen molar-refractivity contribution in [3.05, 3.63) is 36.0 Å². The van der Waals surface area contributed by atoms with Crippen LogP contribution in [0.2, 0.25) is 0 Å². The fourth-order valence-corrected chi connectivity index (χ4v) is 1.87. The first kappa shape index (κ1) is 10.9. The molecule has 0 aliphatic carbocycles. The van der Waals surface area contributed by atoms with Crippen LogP contribution in [0.15, 0.2) is 30.5 Å². The van der Waals surface area contributed by atoms with Crippen LogP contribution < -0.4 is 0 Å². The molecule has 0 amide bonds. The van der Waals surface area contributed by atoms with Gasteiger partial charge in [0.1, 0.15) is 0 Å². The standard InChI is InChI=1S/C13H15NO2/c1-10-9-14(13(15)7-8-16-2)12-6-4-3-5-11(10)12/h3-6,9H,7-8H2,1-2H3. The van der Waals surface area contributed by atoms with E-state index in [1.807, 2.05) is 37.4 Å². The molecular formula is C13H15NO2. The number of para-hydroxylation sites is 1. The van der Waals surface area contributed by atoms with E-state index < -0.39 is 0 Å². The van der Waals surface area contributed by atoms with Crippen molar-refractivity contribution in [2.75, 3.05) is 13.7 Å². The van der Waals surface area contributed by atoms with Gasteiger partial charge in [-0.3, -0.25) is 9.36 Å². The summed E-state index contributed by atoms with van der Waals surface area (Å²) in [7, 11) is 1.60. The van der Waals surface area contributed by atoms with Gasteiger partial charge in [0.2, 0.25) is 5.91 Å². The summed E-state index contributed by atoms with van der Waals surface area (Å²) < 4.78 is 6.63. The van der Waals surface area contributed by atoms with Gasteiger partial charge in [0.05, 0.1) is 18.5 Å². The molecule has 0 unspecified atom stereocenters. The number of hydrogen-bond acceptors (Lipinski definition) is 2. The second-order valence-corrected chi connectivity index (χ2v) is 3.84. The largest absolute Gasteiger partial charge is 0.384 e. The summed E-state index contributed by atoms with van der Waals surface area (Å²) in [5.41, 5.74) is 2.10. The number of carbonyl (C=O) groups excluding carboxylic acids is 1. The zero-order valence-corrected chi connectivity index (χ0v) is 9.56. The average molecular weight is 217 g/mol. The Hall–Kier alpha value is -1.61. The normalized spacial score (nSPS) is 10.9. The highest BCUT2D eigenvalue weighted by Crippen LogP contribution is 2.20. The molecule has 84 valence electrons. The molecule has 0 fully saturated rings. The lowest BCUT2D eigenvalue weighted by Crippen LogP contribution is -2.11. The Morgan fingerprint density at radius 3 is 2.88 bits per heavy atom. The Kier molecular flexibility index (Phi) is 3.06. The first-order chi connectivity index (χ1) is 7.74. The molecule has 3 nitrogen and oxygen atoms in total. The second-order valence-electron chi connectivity index (χ2n) is 3.84. The highest BCUT2D eigenvalue weighted by molar-refractivity contribution is 5.94. The molecular weight excluding hydrogens is 202 g/mol. The molecule has 0 saturated carbocycles. The van der Waals surface area contributed by atoms with E-state index in [1.54, 1.807) is 11.7 Å². The Balaban J connectivity index is 2.41. The van der Waals surface area contributed by atoms with Gasteiger partial charge in [-0.05, 0) is 18.6 Å². The maximum Gasteiger partial charge on any atom is 0.233 e. The Bertz CT molecular complexity index is 514. The number of ether oxygens (including phenoxy) is 1. The number of rotatable bonds is 3. The van der Waals surface area contributed by atoms with Crippen LogP contribution in [0.1, 0.15) is 16.8 Å². The maximum absolute atomic E-state index is 11.9. The number of nitrogens with zero attached hydrogens (tertiary/aromatic N) is 1. The van der Waals surface area contributed by atoms with Crippen LogP contribution in [0.3, 0.4) is 0 Å². The van der Waals surface area contributed by atoms with Gasteiger partial charge in [-0.1, -0.05) is 18.2 Å². The van der Waals surface area contributed by atoms with Crippen molar-refractivity contribution >= 4 is 16.8 Å². The molecule has 0 radical (unpaired) electrons. The summed E-state index contributed by atoms with van der Waals surface area (Å²) in [5, 5.41) is 1.13. The minimum absolute atomic E-state index is 0.0751. The predicted molar refractivity (Wildman–Crippen MR) is 63.8 cm³/mol. The smallest absolute Gasteiger partial charge is 0.233 e. The molecule has 16 heavy (non-hydrogen) atoms. The molecule has 0 aliphatic heterocycles. The fourth-order valence-electron chi connectivity index (χ4n) is 1.87. The molecule has 1 heterocycles. The zero-order chi connectivity index (χ0) is 11.5. The summed E-state index contributed by atoms with van der Waals surface area (Å²) in [5.74, 6) is 0.0751. The van der Waals surface area contributed by atoms with Crippen LogP contribution in [0, 0.1) is 6.92 Å². The number of benzene rings is 1. The van der Waals surface area contributed by atoms with Crippen LogP contribution in [-0.4, -0.2) is 24.2 Å². The number of hydrogen-bond donors (Lipinski definition) is 0. The van der Waals surface area contributed by atoms with Crippen molar-refractivity contribution in [2.45, 2.75) is 13.3 Å². The third kappa shape index (κ3) is 1.86. The van der Waals surface area contributed by atoms with Crippen molar-refractivity contribution in [1.82, 2.24) is 4.57 Å². The van der Waals surface area contributed by atoms with Crippen molar-refractivity contribution in [3.63, 3.8) is 0 Å². The van der Waals surface area contributed by atoms with E-state index >= 15 is 0 Å². The van der Waals surface area contributed by atoms with Crippen molar-refractivity contribution < 1.29 is 9.53 Å². The van der Waals surface area contributed by atoms with E-state index in [4.69, 9.17) is 4.74 Å². The molecule has 0 atom stereocenters. The van der Waals surface area contributed by atoms with Gasteiger partial charge in [-0.15, -0.1) is 0 Å². The van der Waals surface area contributed by atoms with Gasteiger partial charge in [-0.25, -0.2) is 0 Å². The molecule has 2 aromatic rings. The fraction of sp³-hybridized carbons (Fsp3) is 0.308. The number of carbonyl (C=O) groups is 1. The van der Waals surface area contributed by atoms with E-state index in [0.29, 0.717) is 13.0 Å². The molecule has 0 saturated heterocycles. The maximum atomic E-state index is 11.9. The van der Waals surface area contributed by atoms with Gasteiger partial charge in [0.25, 0.3) is 0 Å². The number of methoxy groups -OCH3 is 1. The SMILES string of the molecule is COCCC(=O)n1cc(C)c2ccccc21. The zero-order valence-electron chi connectivity index (χ0n) is 9.56. The number of fused-ring (bicyclic) bond motifs is 1. The van der Waals surface area contributed by atoms with Crippen LogP contribution in [0.25, 0.3) is 10.9 Å². The Morgan fingerprint density at radius 2 is 2.12 bits per heavy atom. The minimum atomic E-state index is 0.0751. The van der Waals surface area contributed by atoms with Gasteiger partial charge in [0, 0.05) is 18.7 Å². The van der Waals surface area contributed by atoms with E-state index in [1.165, 1.54) is 0 Å². The summed E-state index contributed by atoms with van der Waals surface area (Å²) >= 11 is 0. The summed E-state index contributed by atoms with van der Waals surface area (Å²) in [6, 6.07) is 7.93. The molecule has 0 spiro atoms. The number of aromatic nitrogens is 1. The monoisotopic (exact) mass is 217 g/mol. The lowest BCUT2D eigenvalue weighted by atomic mass is 10.2. The molecule has 2 rings (SSSR count). The topological polar surface area (TPSA) is 31.2 Å². The van der Waals surface area contributed by atoms with Gasteiger partial charge in [-0.2, -0.15) is 0 Å². The quantitative estimate of drug-likeness (QED) is 0.791. The molecule has 0 bridgehead atoms. The van der Waals surface area contributed by atoms with Crippen molar-refractivity contribution in [2.24, 2.45) is 0 Å². The minimum Gasteiger partial charge on any atom is -0.384 e. The number of aryl methyl sites for hydroxylation is 1. The lowest BCUT2D eigenvalue weighted by molar-refractivity contribution is 0.0856. The molecule has 1 aromatic heterocycles. The summed E-state index contributed by atoms with van der Waals surface area (Å²) in [6.07, 6.45) is 2.30. The predicted octanol–water partition coefficient (Wildman–Crippen LogP) is 2.63. The van der Waals surface area contributed by atoms with E-state index in [-0.39, 0.29) is 5.91 Å². The van der Waals surface area contributed by atoms with Gasteiger partial charge >= 0.3 is 0 Å². The van der Waals surface area contributed by atoms with Crippen molar-refractivity contribution in [1.29, 1.82) is 0 Å². The molecule has 1 aromatic carbocycles. The highest BCUT2D eigenvalue weighted by Gasteiger charge is 2.10. The molecule has 0 N–H and O–H groups in total. The first-order valence-corrected chi connectivity index (χ1v) is 5.33. The lowest BCUT2D eigenvalue weighted by Gasteiger charge is -2.02. The van der Waals surface area contributed by atoms with Crippen LogP contribution in [0.4, 0.5) is 0 Å². The highest BCUT2D eigenvalue weighted by atomic mass is 16.5. The third-order valence-electron chi connectivity index (χ3n) is 2.70. The summed E-state index contributed by atoms with van der Waals surface area (Å²) in [4.78, 5) is 11.9. The third-order valence-corrected chi connectivity index (χ3v) is 2.70. The van der Waals surface area contributed by atoms with Crippen LogP contribution >= 0.6 is 0 Å². The Labute approximate surface area is 94.6 Å². The van der Waals surface area contributed by atoms with Crippen LogP contribution in [-0.2, 0) is 4.74 Å². The van der Waals surface area contributed by atoms with Crippen LogP contribution in [0.5, 0.6) is 0 Å². The molecule has 0 aliphatic rings. The second kappa shape index (κ2) is 4.49. The first-order valence-electron chi connectivity index (χ1n) is 5.33. The van der Waals surface area contributed by atoms with E-state index in [9.17, 15) is 4.79 Å². The summed E-state index contributed by atoms with van der Waals surface area (Å²) in [6.45, 7) is 2.48.